The van der Waals surface area contributed by atoms with Crippen molar-refractivity contribution in [2.24, 2.45) is 28.6 Å². The van der Waals surface area contributed by atoms with E-state index in [1.807, 2.05) is 12.4 Å². The zero-order valence-electron chi connectivity index (χ0n) is 25.7. The molecule has 4 saturated carbocycles. The van der Waals surface area contributed by atoms with Gasteiger partial charge in [0.1, 0.15) is 11.5 Å². The lowest BCUT2D eigenvalue weighted by Crippen LogP contribution is -2.52. The molecule has 0 amide bonds. The number of allylic oxidation sites excluding steroid dienone is 2. The highest BCUT2D eigenvalue weighted by Crippen LogP contribution is 2.65. The highest BCUT2D eigenvalue weighted by Gasteiger charge is 2.60. The van der Waals surface area contributed by atoms with Gasteiger partial charge in [0.2, 0.25) is 0 Å². The fourth-order valence-electron chi connectivity index (χ4n) is 9.97. The molecule has 41 heavy (non-hydrogen) atoms. The van der Waals surface area contributed by atoms with Gasteiger partial charge in [0.15, 0.2) is 0 Å². The summed E-state index contributed by atoms with van der Waals surface area (Å²) in [5, 5.41) is 15.3. The Hall–Kier alpha value is -1.76. The minimum absolute atomic E-state index is 0.0472. The first-order chi connectivity index (χ1) is 19.8. The molecular weight excluding hydrogens is 510 g/mol. The molecule has 1 heterocycles. The van der Waals surface area contributed by atoms with Crippen molar-refractivity contribution in [2.45, 2.75) is 115 Å². The Morgan fingerprint density at radius 2 is 1.93 bits per heavy atom. The third kappa shape index (κ3) is 5.78. The number of carbonyl (C=O) groups excluding carboxylic acids is 1. The second-order valence-corrected chi connectivity index (χ2v) is 14.7. The van der Waals surface area contributed by atoms with Gasteiger partial charge in [-0.05, 0) is 107 Å². The largest absolute Gasteiger partial charge is 0.492 e. The SMILES string of the molecule is CN(C)CC(NC1CCCCC1)c1cncc(OCC[C@]23CCC4C(CC=C5CC(=O)CC[C@@]54C)C2CCC3O)c1. The van der Waals surface area contributed by atoms with Crippen LogP contribution in [-0.2, 0) is 4.79 Å². The molecule has 0 saturated heterocycles. The zero-order valence-corrected chi connectivity index (χ0v) is 25.7. The fourth-order valence-corrected chi connectivity index (χ4v) is 9.97. The van der Waals surface area contributed by atoms with Crippen LogP contribution in [0, 0.1) is 28.6 Å². The summed E-state index contributed by atoms with van der Waals surface area (Å²) in [7, 11) is 4.27. The van der Waals surface area contributed by atoms with Gasteiger partial charge in [-0.15, -0.1) is 0 Å². The fraction of sp³-hybridized carbons (Fsp3) is 0.771. The number of hydrogen-bond donors (Lipinski definition) is 2. The summed E-state index contributed by atoms with van der Waals surface area (Å²) in [6.45, 7) is 4.00. The first-order valence-corrected chi connectivity index (χ1v) is 16.7. The molecule has 6 nitrogen and oxygen atoms in total. The molecule has 2 N–H and O–H groups in total. The van der Waals surface area contributed by atoms with E-state index >= 15 is 0 Å². The van der Waals surface area contributed by atoms with E-state index in [2.05, 4.69) is 48.4 Å². The lowest BCUT2D eigenvalue weighted by atomic mass is 9.47. The molecule has 6 rings (SSSR count). The summed E-state index contributed by atoms with van der Waals surface area (Å²) in [5.41, 5.74) is 2.74. The van der Waals surface area contributed by atoms with E-state index in [-0.39, 0.29) is 23.0 Å². The van der Waals surface area contributed by atoms with Crippen molar-refractivity contribution >= 4 is 5.78 Å². The van der Waals surface area contributed by atoms with E-state index in [0.717, 1.165) is 63.7 Å². The topological polar surface area (TPSA) is 74.7 Å². The van der Waals surface area contributed by atoms with Gasteiger partial charge in [-0.2, -0.15) is 0 Å². The molecule has 0 bridgehead atoms. The number of fused-ring (bicyclic) bond motifs is 5. The normalized spacial score (nSPS) is 36.3. The molecule has 0 aliphatic heterocycles. The third-order valence-corrected chi connectivity index (χ3v) is 12.2. The van der Waals surface area contributed by atoms with Crippen molar-refractivity contribution in [3.8, 4) is 5.75 Å². The summed E-state index contributed by atoms with van der Waals surface area (Å²) < 4.78 is 6.43. The van der Waals surface area contributed by atoms with E-state index in [1.54, 1.807) is 0 Å². The maximum Gasteiger partial charge on any atom is 0.137 e. The van der Waals surface area contributed by atoms with Crippen LogP contribution in [0.5, 0.6) is 5.75 Å². The minimum Gasteiger partial charge on any atom is -0.492 e. The van der Waals surface area contributed by atoms with Crippen molar-refractivity contribution in [1.29, 1.82) is 0 Å². The van der Waals surface area contributed by atoms with Gasteiger partial charge in [-0.25, -0.2) is 0 Å². The van der Waals surface area contributed by atoms with Crippen LogP contribution in [-0.4, -0.2) is 60.2 Å². The van der Waals surface area contributed by atoms with E-state index in [0.29, 0.717) is 42.6 Å². The molecule has 7 atom stereocenters. The van der Waals surface area contributed by atoms with Crippen molar-refractivity contribution in [3.63, 3.8) is 0 Å². The van der Waals surface area contributed by atoms with Crippen molar-refractivity contribution in [2.75, 3.05) is 27.2 Å². The van der Waals surface area contributed by atoms with Crippen LogP contribution in [0.1, 0.15) is 108 Å². The molecule has 5 aliphatic carbocycles. The smallest absolute Gasteiger partial charge is 0.137 e. The second kappa shape index (κ2) is 12.1. The van der Waals surface area contributed by atoms with Gasteiger partial charge in [0.25, 0.3) is 0 Å². The van der Waals surface area contributed by atoms with Crippen LogP contribution in [0.3, 0.4) is 0 Å². The van der Waals surface area contributed by atoms with E-state index in [9.17, 15) is 9.90 Å². The average Bonchev–Trinajstić information content (AvgIpc) is 3.30. The number of aromatic nitrogens is 1. The Bertz CT molecular complexity index is 1110. The van der Waals surface area contributed by atoms with Crippen LogP contribution in [0.4, 0.5) is 0 Å². The number of carbonyl (C=O) groups is 1. The van der Waals surface area contributed by atoms with Gasteiger partial charge < -0.3 is 20.1 Å². The van der Waals surface area contributed by atoms with Gasteiger partial charge in [-0.3, -0.25) is 9.78 Å². The molecule has 4 fully saturated rings. The number of likely N-dealkylation sites (N-methyl/N-ethyl adjacent to an activating group) is 1. The molecule has 0 radical (unpaired) electrons. The number of ether oxygens (including phenoxy) is 1. The highest BCUT2D eigenvalue weighted by atomic mass is 16.5. The molecule has 5 aliphatic rings. The van der Waals surface area contributed by atoms with Gasteiger partial charge in [0, 0.05) is 43.1 Å². The van der Waals surface area contributed by atoms with Gasteiger partial charge in [0.05, 0.1) is 18.9 Å². The maximum atomic E-state index is 12.2. The lowest BCUT2D eigenvalue weighted by Gasteiger charge is -2.57. The molecule has 5 unspecified atom stereocenters. The number of ketones is 1. The molecular formula is C35H53N3O3. The third-order valence-electron chi connectivity index (χ3n) is 12.2. The van der Waals surface area contributed by atoms with E-state index < -0.39 is 0 Å². The average molecular weight is 564 g/mol. The Balaban J connectivity index is 1.13. The van der Waals surface area contributed by atoms with Crippen molar-refractivity contribution < 1.29 is 14.6 Å². The molecule has 6 heteroatoms. The second-order valence-electron chi connectivity index (χ2n) is 14.7. The molecule has 0 spiro atoms. The number of aliphatic hydroxyl groups is 1. The van der Waals surface area contributed by atoms with Gasteiger partial charge in [-0.1, -0.05) is 37.8 Å². The molecule has 1 aromatic heterocycles. The maximum absolute atomic E-state index is 12.2. The Morgan fingerprint density at radius 1 is 1.10 bits per heavy atom. The Morgan fingerprint density at radius 3 is 2.73 bits per heavy atom. The van der Waals surface area contributed by atoms with Crippen molar-refractivity contribution in [3.05, 3.63) is 35.7 Å². The molecule has 1 aromatic rings. The van der Waals surface area contributed by atoms with E-state index in [4.69, 9.17) is 4.74 Å². The number of hydrogen-bond acceptors (Lipinski definition) is 6. The summed E-state index contributed by atoms with van der Waals surface area (Å²) in [6, 6.07) is 3.00. The number of aliphatic hydroxyl groups excluding tert-OH is 1. The number of nitrogens with one attached hydrogen (secondary N) is 1. The van der Waals surface area contributed by atoms with Crippen LogP contribution >= 0.6 is 0 Å². The summed E-state index contributed by atoms with van der Waals surface area (Å²) in [4.78, 5) is 19.1. The minimum atomic E-state index is -0.239. The molecule has 0 aromatic carbocycles. The number of nitrogens with zero attached hydrogens (tertiary/aromatic N) is 2. The first kappa shape index (κ1) is 29.3. The monoisotopic (exact) mass is 563 g/mol. The van der Waals surface area contributed by atoms with Crippen LogP contribution < -0.4 is 10.1 Å². The predicted octanol–water partition coefficient (Wildman–Crippen LogP) is 6.25. The number of pyridine rings is 1. The summed E-state index contributed by atoms with van der Waals surface area (Å²) in [5.74, 6) is 3.06. The molecule has 226 valence electrons. The highest BCUT2D eigenvalue weighted by molar-refractivity contribution is 5.82. The van der Waals surface area contributed by atoms with Crippen LogP contribution in [0.15, 0.2) is 30.1 Å². The Kier molecular flexibility index (Phi) is 8.64. The number of Topliss-reactive ketones (excluding diaryl/α,β-unsaturated/α-hetero) is 1. The van der Waals surface area contributed by atoms with Crippen LogP contribution in [0.25, 0.3) is 0 Å². The zero-order chi connectivity index (χ0) is 28.6. The standard InChI is InChI=1S/C35H53N3O3/c1-34-15-13-27(39)20-25(34)9-10-29-30(34)14-16-35(31(29)11-12-33(35)40)17-18-41-28-19-24(21-36-22-28)32(23-38(2)3)37-26-7-5-4-6-8-26/h9,19,21-22,26,29-33,37,40H,4-8,10-18,20,23H2,1-3H3/t29?,30?,31?,32?,33?,34-,35+/m0/s1. The predicted molar refractivity (Wildman–Crippen MR) is 163 cm³/mol. The van der Waals surface area contributed by atoms with Crippen LogP contribution in [0.2, 0.25) is 0 Å². The lowest BCUT2D eigenvalue weighted by molar-refractivity contribution is -0.123. The first-order valence-electron chi connectivity index (χ1n) is 16.7. The summed E-state index contributed by atoms with van der Waals surface area (Å²) >= 11 is 0. The number of rotatable bonds is 9. The van der Waals surface area contributed by atoms with Gasteiger partial charge >= 0.3 is 0 Å². The van der Waals surface area contributed by atoms with E-state index in [1.165, 1.54) is 43.2 Å². The quantitative estimate of drug-likeness (QED) is 0.346. The Labute approximate surface area is 247 Å². The summed E-state index contributed by atoms with van der Waals surface area (Å²) in [6.07, 6.45) is 21.2. The van der Waals surface area contributed by atoms with Crippen molar-refractivity contribution in [1.82, 2.24) is 15.2 Å².